The molecule has 6 heteroatoms. The normalized spacial score (nSPS) is 10.5. The number of nitrogen functional groups attached to an aromatic ring is 1. The third-order valence-electron chi connectivity index (χ3n) is 3.06. The van der Waals surface area contributed by atoms with Gasteiger partial charge >= 0.3 is 0 Å². The van der Waals surface area contributed by atoms with E-state index in [2.05, 4.69) is 10.3 Å². The molecular formula is C15H13N3O2S. The van der Waals surface area contributed by atoms with Gasteiger partial charge in [-0.15, -0.1) is 11.3 Å². The molecule has 0 atom stereocenters. The number of carbonyl (C=O) groups is 1. The predicted molar refractivity (Wildman–Crippen MR) is 85.0 cm³/mol. The molecule has 0 fully saturated rings. The second-order valence-electron chi connectivity index (χ2n) is 4.40. The van der Waals surface area contributed by atoms with Gasteiger partial charge in [0, 0.05) is 16.3 Å². The lowest BCUT2D eigenvalue weighted by atomic mass is 10.2. The van der Waals surface area contributed by atoms with E-state index in [4.69, 9.17) is 10.5 Å². The van der Waals surface area contributed by atoms with Gasteiger partial charge < -0.3 is 15.8 Å². The quantitative estimate of drug-likeness (QED) is 0.779. The first kappa shape index (κ1) is 13.4. The monoisotopic (exact) mass is 299 g/mol. The Morgan fingerprint density at radius 3 is 2.95 bits per heavy atom. The minimum atomic E-state index is -0.235. The molecule has 0 saturated carbocycles. The maximum Gasteiger partial charge on any atom is 0.267 e. The number of aromatic nitrogens is 1. The lowest BCUT2D eigenvalue weighted by Crippen LogP contribution is -2.11. The number of hydrogen-bond donors (Lipinski definition) is 2. The third kappa shape index (κ3) is 2.53. The first-order chi connectivity index (χ1) is 10.2. The number of fused-ring (bicyclic) bond motifs is 1. The smallest absolute Gasteiger partial charge is 0.267 e. The number of nitrogens with one attached hydrogen (secondary N) is 1. The number of nitrogens with two attached hydrogens (primary N) is 1. The largest absolute Gasteiger partial charge is 0.497 e. The first-order valence-electron chi connectivity index (χ1n) is 6.26. The van der Waals surface area contributed by atoms with Crippen molar-refractivity contribution in [1.29, 1.82) is 0 Å². The van der Waals surface area contributed by atoms with Gasteiger partial charge in [-0.05, 0) is 30.3 Å². The van der Waals surface area contributed by atoms with Gasteiger partial charge in [0.05, 0.1) is 24.7 Å². The summed E-state index contributed by atoms with van der Waals surface area (Å²) in [5.74, 6) is 0.503. The van der Waals surface area contributed by atoms with Crippen LogP contribution in [-0.2, 0) is 0 Å². The minimum Gasteiger partial charge on any atom is -0.497 e. The Bertz CT molecular complexity index is 799. The summed E-state index contributed by atoms with van der Waals surface area (Å²) in [4.78, 5) is 16.8. The molecule has 2 aromatic heterocycles. The van der Waals surface area contributed by atoms with Crippen LogP contribution in [0.1, 0.15) is 9.67 Å². The van der Waals surface area contributed by atoms with Gasteiger partial charge in [0.1, 0.15) is 10.6 Å². The molecule has 0 aliphatic heterocycles. The fraction of sp³-hybridized carbons (Fsp3) is 0.0667. The Balaban J connectivity index is 1.96. The van der Waals surface area contributed by atoms with Crippen LogP contribution in [0.25, 0.3) is 10.1 Å². The van der Waals surface area contributed by atoms with E-state index in [0.29, 0.717) is 16.3 Å². The van der Waals surface area contributed by atoms with Gasteiger partial charge in [0.15, 0.2) is 0 Å². The van der Waals surface area contributed by atoms with Crippen molar-refractivity contribution in [3.8, 4) is 5.75 Å². The summed E-state index contributed by atoms with van der Waals surface area (Å²) in [7, 11) is 1.61. The Morgan fingerprint density at radius 2 is 2.24 bits per heavy atom. The number of thiophene rings is 1. The van der Waals surface area contributed by atoms with Crippen LogP contribution in [0.5, 0.6) is 5.75 Å². The average Bonchev–Trinajstić information content (AvgIpc) is 2.85. The maximum atomic E-state index is 12.3. The molecule has 21 heavy (non-hydrogen) atoms. The number of pyridine rings is 1. The van der Waals surface area contributed by atoms with E-state index in [1.807, 2.05) is 18.2 Å². The molecule has 0 bridgehead atoms. The number of nitrogens with zero attached hydrogens (tertiary/aromatic N) is 1. The highest BCUT2D eigenvalue weighted by molar-refractivity contribution is 7.21. The molecule has 0 aliphatic carbocycles. The Kier molecular flexibility index (Phi) is 3.45. The van der Waals surface area contributed by atoms with Gasteiger partial charge in [0.25, 0.3) is 5.91 Å². The molecule has 3 rings (SSSR count). The fourth-order valence-electron chi connectivity index (χ4n) is 2.02. The van der Waals surface area contributed by atoms with E-state index in [0.717, 1.165) is 15.8 Å². The third-order valence-corrected chi connectivity index (χ3v) is 4.23. The second kappa shape index (κ2) is 5.41. The maximum absolute atomic E-state index is 12.3. The van der Waals surface area contributed by atoms with Crippen molar-refractivity contribution in [3.63, 3.8) is 0 Å². The molecule has 0 spiro atoms. The van der Waals surface area contributed by atoms with Crippen LogP contribution in [0.3, 0.4) is 0 Å². The van der Waals surface area contributed by atoms with E-state index in [1.165, 1.54) is 11.3 Å². The van der Waals surface area contributed by atoms with Crippen molar-refractivity contribution in [2.24, 2.45) is 0 Å². The summed E-state index contributed by atoms with van der Waals surface area (Å²) in [6, 6.07) is 9.10. The Hall–Kier alpha value is -2.60. The molecule has 3 aromatic rings. The van der Waals surface area contributed by atoms with Crippen LogP contribution < -0.4 is 15.8 Å². The topological polar surface area (TPSA) is 77.2 Å². The van der Waals surface area contributed by atoms with Crippen LogP contribution in [0.15, 0.2) is 42.7 Å². The second-order valence-corrected chi connectivity index (χ2v) is 5.45. The molecule has 0 saturated heterocycles. The van der Waals surface area contributed by atoms with Gasteiger partial charge in [0.2, 0.25) is 0 Å². The lowest BCUT2D eigenvalue weighted by Gasteiger charge is -2.03. The van der Waals surface area contributed by atoms with E-state index in [1.54, 1.807) is 31.6 Å². The van der Waals surface area contributed by atoms with Crippen LogP contribution in [0.4, 0.5) is 11.4 Å². The molecule has 0 unspecified atom stereocenters. The number of methoxy groups -OCH3 is 1. The van der Waals surface area contributed by atoms with E-state index >= 15 is 0 Å². The SMILES string of the molecule is COc1ccc2c(N)c(C(=O)Nc3cccnc3)sc2c1. The van der Waals surface area contributed by atoms with Crippen molar-refractivity contribution in [2.45, 2.75) is 0 Å². The number of benzene rings is 1. The van der Waals surface area contributed by atoms with Crippen molar-refractivity contribution in [1.82, 2.24) is 4.98 Å². The predicted octanol–water partition coefficient (Wildman–Crippen LogP) is 3.14. The lowest BCUT2D eigenvalue weighted by molar-refractivity contribution is 0.103. The average molecular weight is 299 g/mol. The Labute approximate surface area is 125 Å². The van der Waals surface area contributed by atoms with E-state index < -0.39 is 0 Å². The molecule has 1 aromatic carbocycles. The summed E-state index contributed by atoms with van der Waals surface area (Å²) in [6.45, 7) is 0. The zero-order chi connectivity index (χ0) is 14.8. The summed E-state index contributed by atoms with van der Waals surface area (Å²) in [6.07, 6.45) is 3.24. The van der Waals surface area contributed by atoms with Gasteiger partial charge in [-0.2, -0.15) is 0 Å². The number of ether oxygens (including phenoxy) is 1. The zero-order valence-electron chi connectivity index (χ0n) is 11.3. The summed E-state index contributed by atoms with van der Waals surface area (Å²) in [5.41, 5.74) is 7.20. The molecule has 5 nitrogen and oxygen atoms in total. The number of anilines is 2. The highest BCUT2D eigenvalue weighted by Crippen LogP contribution is 2.36. The van der Waals surface area contributed by atoms with Gasteiger partial charge in [-0.1, -0.05) is 0 Å². The van der Waals surface area contributed by atoms with Crippen molar-refractivity contribution in [3.05, 3.63) is 47.6 Å². The zero-order valence-corrected chi connectivity index (χ0v) is 12.1. The summed E-state index contributed by atoms with van der Waals surface area (Å²) < 4.78 is 6.10. The van der Waals surface area contributed by atoms with Crippen molar-refractivity contribution in [2.75, 3.05) is 18.2 Å². The van der Waals surface area contributed by atoms with Crippen LogP contribution in [0, 0.1) is 0 Å². The van der Waals surface area contributed by atoms with Crippen molar-refractivity contribution < 1.29 is 9.53 Å². The summed E-state index contributed by atoms with van der Waals surface area (Å²) in [5, 5.41) is 3.64. The number of rotatable bonds is 3. The van der Waals surface area contributed by atoms with Gasteiger partial charge in [-0.3, -0.25) is 9.78 Å². The molecular weight excluding hydrogens is 286 g/mol. The van der Waals surface area contributed by atoms with E-state index in [-0.39, 0.29) is 5.91 Å². The van der Waals surface area contributed by atoms with Crippen LogP contribution >= 0.6 is 11.3 Å². The molecule has 0 aliphatic rings. The van der Waals surface area contributed by atoms with Crippen LogP contribution in [0.2, 0.25) is 0 Å². The molecule has 0 radical (unpaired) electrons. The molecule has 1 amide bonds. The summed E-state index contributed by atoms with van der Waals surface area (Å²) >= 11 is 1.34. The molecule has 106 valence electrons. The first-order valence-corrected chi connectivity index (χ1v) is 7.08. The number of hydrogen-bond acceptors (Lipinski definition) is 5. The fourth-order valence-corrected chi connectivity index (χ4v) is 3.06. The number of amides is 1. The highest BCUT2D eigenvalue weighted by Gasteiger charge is 2.17. The van der Waals surface area contributed by atoms with Crippen molar-refractivity contribution >= 4 is 38.7 Å². The molecule has 2 heterocycles. The highest BCUT2D eigenvalue weighted by atomic mass is 32.1. The standard InChI is InChI=1S/C15H13N3O2S/c1-20-10-4-5-11-12(7-10)21-14(13(11)16)15(19)18-9-3-2-6-17-8-9/h2-8H,16H2,1H3,(H,18,19). The minimum absolute atomic E-state index is 0.235. The Morgan fingerprint density at radius 1 is 1.38 bits per heavy atom. The number of carbonyl (C=O) groups excluding carboxylic acids is 1. The van der Waals surface area contributed by atoms with Crippen LogP contribution in [-0.4, -0.2) is 18.0 Å². The van der Waals surface area contributed by atoms with Gasteiger partial charge in [-0.25, -0.2) is 0 Å². The molecule has 3 N–H and O–H groups in total. The van der Waals surface area contributed by atoms with E-state index in [9.17, 15) is 4.79 Å².